The van der Waals surface area contributed by atoms with Gasteiger partial charge < -0.3 is 15.5 Å². The molecule has 2 N–H and O–H groups in total. The topological polar surface area (TPSA) is 69.2 Å². The summed E-state index contributed by atoms with van der Waals surface area (Å²) in [6, 6.07) is 0.712. The van der Waals surface area contributed by atoms with E-state index >= 15 is 0 Å². The summed E-state index contributed by atoms with van der Waals surface area (Å²) in [7, 11) is 2.26. The first-order valence-corrected chi connectivity index (χ1v) is 12.8. The van der Waals surface area contributed by atoms with Crippen molar-refractivity contribution in [2.75, 3.05) is 35.7 Å². The Morgan fingerprint density at radius 3 is 2.12 bits per heavy atom. The summed E-state index contributed by atoms with van der Waals surface area (Å²) in [5, 5.41) is 6.91. The Balaban J connectivity index is 2.43. The summed E-state index contributed by atoms with van der Waals surface area (Å²) >= 11 is 0. The summed E-state index contributed by atoms with van der Waals surface area (Å²) in [5.41, 5.74) is 0.230. The quantitative estimate of drug-likeness (QED) is 0.407. The lowest BCUT2D eigenvalue weighted by atomic mass is 9.77. The maximum Gasteiger partial charge on any atom is 0.232 e. The number of hydrogen-bond donors (Lipinski definition) is 2. The van der Waals surface area contributed by atoms with Gasteiger partial charge in [-0.15, -0.1) is 0 Å². The molecule has 0 saturated carbocycles. The van der Waals surface area contributed by atoms with Gasteiger partial charge in [-0.1, -0.05) is 33.6 Å². The normalized spacial score (nSPS) is 19.5. The molecule has 32 heavy (non-hydrogen) atoms. The summed E-state index contributed by atoms with van der Waals surface area (Å²) < 4.78 is 0. The predicted molar refractivity (Wildman–Crippen MR) is 138 cm³/mol. The molecule has 0 radical (unpaired) electrons. The van der Waals surface area contributed by atoms with Crippen molar-refractivity contribution in [2.45, 2.75) is 123 Å². The molecule has 1 aliphatic rings. The van der Waals surface area contributed by atoms with Crippen LogP contribution >= 0.6 is 0 Å². The number of rotatable bonds is 12. The van der Waals surface area contributed by atoms with Gasteiger partial charge in [0.2, 0.25) is 17.8 Å². The second-order valence-electron chi connectivity index (χ2n) is 10.8. The minimum atomic E-state index is 0.115. The number of likely N-dealkylation sites (tertiary alicyclic amines) is 1. The summed E-state index contributed by atoms with van der Waals surface area (Å²) in [4.78, 5) is 19.5. The van der Waals surface area contributed by atoms with Crippen LogP contribution in [0, 0.1) is 0 Å². The summed E-state index contributed by atoms with van der Waals surface area (Å²) in [5.74, 6) is 2.16. The third-order valence-electron chi connectivity index (χ3n) is 7.16. The van der Waals surface area contributed by atoms with Crippen LogP contribution in [0.3, 0.4) is 0 Å². The zero-order valence-corrected chi connectivity index (χ0v) is 22.3. The lowest BCUT2D eigenvalue weighted by molar-refractivity contribution is -0.0129. The molecule has 0 spiro atoms. The molecule has 184 valence electrons. The molecule has 2 rings (SSSR count). The standard InChI is InChI=1S/C25H49N7/c1-10-13-15-26-21-28-22(27-19(4)12-3)30-23(29-21)32(16-14-11-2)20-17-24(5,6)31(9)25(7,8)18-20/h19-20H,10-18H2,1-9H3,(H2,26,27,28,29,30). The Morgan fingerprint density at radius 2 is 1.56 bits per heavy atom. The van der Waals surface area contributed by atoms with Crippen LogP contribution in [0.2, 0.25) is 0 Å². The van der Waals surface area contributed by atoms with E-state index in [1.54, 1.807) is 0 Å². The van der Waals surface area contributed by atoms with Crippen LogP contribution in [0.4, 0.5) is 17.8 Å². The molecule has 0 amide bonds. The SMILES string of the molecule is CCCCNc1nc(NC(C)CC)nc(N(CCCC)C2CC(C)(C)N(C)C(C)(C)C2)n1. The maximum atomic E-state index is 4.93. The van der Waals surface area contributed by atoms with E-state index in [0.717, 1.165) is 64.0 Å². The smallest absolute Gasteiger partial charge is 0.232 e. The average molecular weight is 448 g/mol. The third kappa shape index (κ3) is 6.93. The Kier molecular flexibility index (Phi) is 9.55. The molecular formula is C25H49N7. The molecule has 1 fully saturated rings. The van der Waals surface area contributed by atoms with Crippen molar-refractivity contribution >= 4 is 17.8 Å². The monoisotopic (exact) mass is 447 g/mol. The molecular weight excluding hydrogens is 398 g/mol. The second-order valence-corrected chi connectivity index (χ2v) is 10.8. The summed E-state index contributed by atoms with van der Waals surface area (Å²) in [6.45, 7) is 20.1. The van der Waals surface area contributed by atoms with Crippen LogP contribution in [0.15, 0.2) is 0 Å². The van der Waals surface area contributed by atoms with Gasteiger partial charge in [0, 0.05) is 36.3 Å². The predicted octanol–water partition coefficient (Wildman–Crippen LogP) is 5.55. The fourth-order valence-corrected chi connectivity index (χ4v) is 4.65. The Hall–Kier alpha value is -1.63. The fraction of sp³-hybridized carbons (Fsp3) is 0.880. The largest absolute Gasteiger partial charge is 0.354 e. The minimum absolute atomic E-state index is 0.115. The Labute approximate surface area is 197 Å². The molecule has 1 atom stereocenters. The highest BCUT2D eigenvalue weighted by Crippen LogP contribution is 2.40. The zero-order chi connectivity index (χ0) is 23.9. The third-order valence-corrected chi connectivity index (χ3v) is 7.16. The number of anilines is 3. The van der Waals surface area contributed by atoms with E-state index in [4.69, 9.17) is 15.0 Å². The Bertz CT molecular complexity index is 686. The number of piperidine rings is 1. The molecule has 1 saturated heterocycles. The molecule has 0 aromatic carbocycles. The molecule has 0 bridgehead atoms. The van der Waals surface area contributed by atoms with E-state index in [1.165, 1.54) is 0 Å². The van der Waals surface area contributed by atoms with E-state index in [2.05, 4.69) is 82.9 Å². The van der Waals surface area contributed by atoms with Gasteiger partial charge in [-0.3, -0.25) is 4.90 Å². The first kappa shape index (κ1) is 26.6. The highest BCUT2D eigenvalue weighted by molar-refractivity contribution is 5.45. The van der Waals surface area contributed by atoms with Gasteiger partial charge in [0.05, 0.1) is 0 Å². The second kappa shape index (κ2) is 11.5. The van der Waals surface area contributed by atoms with Gasteiger partial charge in [-0.05, 0) is 73.8 Å². The number of unbranched alkanes of at least 4 members (excludes halogenated alkanes) is 2. The first-order chi connectivity index (χ1) is 15.0. The van der Waals surface area contributed by atoms with E-state index in [1.807, 2.05) is 0 Å². The molecule has 1 aromatic rings. The van der Waals surface area contributed by atoms with Crippen molar-refractivity contribution in [1.29, 1.82) is 0 Å². The Morgan fingerprint density at radius 1 is 0.969 bits per heavy atom. The van der Waals surface area contributed by atoms with Gasteiger partial charge in [0.1, 0.15) is 0 Å². The molecule has 1 aliphatic heterocycles. The molecule has 7 heteroatoms. The molecule has 0 aliphatic carbocycles. The lowest BCUT2D eigenvalue weighted by Crippen LogP contribution is -2.63. The highest BCUT2D eigenvalue weighted by Gasteiger charge is 2.45. The fourth-order valence-electron chi connectivity index (χ4n) is 4.65. The van der Waals surface area contributed by atoms with E-state index < -0.39 is 0 Å². The number of aromatic nitrogens is 3. The van der Waals surface area contributed by atoms with Crippen molar-refractivity contribution < 1.29 is 0 Å². The van der Waals surface area contributed by atoms with E-state index in [-0.39, 0.29) is 11.1 Å². The minimum Gasteiger partial charge on any atom is -0.354 e. The maximum absolute atomic E-state index is 4.93. The molecule has 7 nitrogen and oxygen atoms in total. The zero-order valence-electron chi connectivity index (χ0n) is 22.3. The number of hydrogen-bond acceptors (Lipinski definition) is 7. The molecule has 1 aromatic heterocycles. The van der Waals surface area contributed by atoms with Crippen LogP contribution < -0.4 is 15.5 Å². The van der Waals surface area contributed by atoms with Crippen LogP contribution in [0.1, 0.15) is 100 Å². The summed E-state index contributed by atoms with van der Waals surface area (Å²) in [6.07, 6.45) is 7.74. The van der Waals surface area contributed by atoms with Crippen molar-refractivity contribution in [3.05, 3.63) is 0 Å². The van der Waals surface area contributed by atoms with Crippen LogP contribution in [-0.2, 0) is 0 Å². The number of nitrogens with one attached hydrogen (secondary N) is 2. The van der Waals surface area contributed by atoms with Crippen molar-refractivity contribution in [1.82, 2.24) is 19.9 Å². The van der Waals surface area contributed by atoms with E-state index in [9.17, 15) is 0 Å². The number of nitrogens with zero attached hydrogens (tertiary/aromatic N) is 5. The average Bonchev–Trinajstić information content (AvgIpc) is 2.72. The van der Waals surface area contributed by atoms with Gasteiger partial charge in [-0.25, -0.2) is 0 Å². The highest BCUT2D eigenvalue weighted by atomic mass is 15.4. The van der Waals surface area contributed by atoms with Crippen LogP contribution in [0.25, 0.3) is 0 Å². The van der Waals surface area contributed by atoms with E-state index in [0.29, 0.717) is 24.0 Å². The van der Waals surface area contributed by atoms with Gasteiger partial charge in [0.15, 0.2) is 0 Å². The molecule has 2 heterocycles. The van der Waals surface area contributed by atoms with Crippen molar-refractivity contribution in [2.24, 2.45) is 0 Å². The van der Waals surface area contributed by atoms with Gasteiger partial charge in [0.25, 0.3) is 0 Å². The molecule has 1 unspecified atom stereocenters. The van der Waals surface area contributed by atoms with Crippen LogP contribution in [0.5, 0.6) is 0 Å². The first-order valence-electron chi connectivity index (χ1n) is 12.8. The van der Waals surface area contributed by atoms with Crippen molar-refractivity contribution in [3.8, 4) is 0 Å². The van der Waals surface area contributed by atoms with Gasteiger partial charge in [-0.2, -0.15) is 15.0 Å². The van der Waals surface area contributed by atoms with Crippen LogP contribution in [-0.4, -0.2) is 63.2 Å². The lowest BCUT2D eigenvalue weighted by Gasteiger charge is -2.55. The van der Waals surface area contributed by atoms with Gasteiger partial charge >= 0.3 is 0 Å². The van der Waals surface area contributed by atoms with Crippen molar-refractivity contribution in [3.63, 3.8) is 0 Å².